The molecular formula is C14H19NO3. The van der Waals surface area contributed by atoms with E-state index in [0.717, 1.165) is 25.8 Å². The number of rotatable bonds is 3. The van der Waals surface area contributed by atoms with Crippen molar-refractivity contribution in [2.45, 2.75) is 25.3 Å². The summed E-state index contributed by atoms with van der Waals surface area (Å²) in [6.07, 6.45) is 2.96. The first-order chi connectivity index (χ1) is 8.76. The van der Waals surface area contributed by atoms with E-state index in [0.29, 0.717) is 11.3 Å². The molecule has 98 valence electrons. The van der Waals surface area contributed by atoms with Gasteiger partial charge in [-0.25, -0.2) is 0 Å². The van der Waals surface area contributed by atoms with Crippen LogP contribution in [0.4, 0.5) is 0 Å². The summed E-state index contributed by atoms with van der Waals surface area (Å²) in [6, 6.07) is 7.11. The second-order valence-electron chi connectivity index (χ2n) is 4.56. The highest BCUT2D eigenvalue weighted by atomic mass is 16.5. The van der Waals surface area contributed by atoms with Gasteiger partial charge in [-0.3, -0.25) is 4.79 Å². The Hall–Kier alpha value is -1.55. The maximum absolute atomic E-state index is 12.4. The third-order valence-electron chi connectivity index (χ3n) is 3.42. The van der Waals surface area contributed by atoms with Crippen molar-refractivity contribution in [3.8, 4) is 5.75 Å². The average molecular weight is 249 g/mol. The molecule has 1 saturated heterocycles. The fourth-order valence-corrected chi connectivity index (χ4v) is 2.38. The lowest BCUT2D eigenvalue weighted by molar-refractivity contribution is 0.0502. The van der Waals surface area contributed by atoms with Gasteiger partial charge in [-0.05, 0) is 37.5 Å². The highest BCUT2D eigenvalue weighted by Crippen LogP contribution is 2.21. The summed E-state index contributed by atoms with van der Waals surface area (Å²) < 4.78 is 5.13. The van der Waals surface area contributed by atoms with Crippen molar-refractivity contribution in [1.29, 1.82) is 0 Å². The first-order valence-corrected chi connectivity index (χ1v) is 6.32. The Bertz CT molecular complexity index is 419. The molecule has 4 nitrogen and oxygen atoms in total. The predicted octanol–water partition coefficient (Wildman–Crippen LogP) is 1.68. The molecule has 2 rings (SSSR count). The van der Waals surface area contributed by atoms with Crippen LogP contribution in [0, 0.1) is 0 Å². The quantitative estimate of drug-likeness (QED) is 0.886. The molecule has 0 radical (unpaired) electrons. The normalized spacial score (nSPS) is 19.7. The summed E-state index contributed by atoms with van der Waals surface area (Å²) in [4.78, 5) is 14.2. The van der Waals surface area contributed by atoms with Crippen LogP contribution < -0.4 is 4.74 Å². The van der Waals surface area contributed by atoms with Crippen LogP contribution in [-0.4, -0.2) is 42.2 Å². The molecule has 4 heteroatoms. The molecule has 0 spiro atoms. The average Bonchev–Trinajstić information content (AvgIpc) is 2.46. The lowest BCUT2D eigenvalue weighted by Crippen LogP contribution is -2.45. The van der Waals surface area contributed by atoms with Gasteiger partial charge in [0.05, 0.1) is 19.8 Å². The Morgan fingerprint density at radius 1 is 1.50 bits per heavy atom. The number of nitrogens with zero attached hydrogens (tertiary/aromatic N) is 1. The van der Waals surface area contributed by atoms with Crippen molar-refractivity contribution < 1.29 is 14.6 Å². The lowest BCUT2D eigenvalue weighted by Gasteiger charge is -2.34. The first kappa shape index (κ1) is 12.9. The van der Waals surface area contributed by atoms with Gasteiger partial charge in [0.2, 0.25) is 0 Å². The van der Waals surface area contributed by atoms with Crippen LogP contribution in [0.15, 0.2) is 24.3 Å². The van der Waals surface area contributed by atoms with E-state index in [1.54, 1.807) is 24.1 Å². The minimum Gasteiger partial charge on any atom is -0.497 e. The van der Waals surface area contributed by atoms with Crippen LogP contribution in [0.25, 0.3) is 0 Å². The monoisotopic (exact) mass is 249 g/mol. The Labute approximate surface area is 107 Å². The number of aliphatic hydroxyl groups is 1. The van der Waals surface area contributed by atoms with Crippen molar-refractivity contribution >= 4 is 5.91 Å². The largest absolute Gasteiger partial charge is 0.497 e. The predicted molar refractivity (Wildman–Crippen MR) is 68.8 cm³/mol. The minimum atomic E-state index is -0.0440. The Kier molecular flexibility index (Phi) is 4.20. The molecule has 1 N–H and O–H groups in total. The molecule has 1 unspecified atom stereocenters. The highest BCUT2D eigenvalue weighted by Gasteiger charge is 2.26. The Morgan fingerprint density at radius 3 is 3.06 bits per heavy atom. The molecule has 1 aliphatic heterocycles. The molecule has 1 atom stereocenters. The number of likely N-dealkylation sites (tertiary alicyclic amines) is 1. The van der Waals surface area contributed by atoms with Gasteiger partial charge >= 0.3 is 0 Å². The van der Waals surface area contributed by atoms with Crippen LogP contribution in [-0.2, 0) is 0 Å². The number of aliphatic hydroxyl groups excluding tert-OH is 1. The zero-order chi connectivity index (χ0) is 13.0. The molecular weight excluding hydrogens is 230 g/mol. The van der Waals surface area contributed by atoms with Crippen molar-refractivity contribution in [2.75, 3.05) is 20.3 Å². The van der Waals surface area contributed by atoms with Crippen LogP contribution >= 0.6 is 0 Å². The van der Waals surface area contributed by atoms with Gasteiger partial charge < -0.3 is 14.7 Å². The molecule has 0 saturated carbocycles. The van der Waals surface area contributed by atoms with Gasteiger partial charge in [-0.1, -0.05) is 6.07 Å². The lowest BCUT2D eigenvalue weighted by atomic mass is 10.0. The third-order valence-corrected chi connectivity index (χ3v) is 3.42. The van der Waals surface area contributed by atoms with Gasteiger partial charge in [0.25, 0.3) is 5.91 Å². The van der Waals surface area contributed by atoms with E-state index in [1.165, 1.54) is 0 Å². The van der Waals surface area contributed by atoms with E-state index in [4.69, 9.17) is 4.74 Å². The molecule has 1 aliphatic rings. The van der Waals surface area contributed by atoms with Gasteiger partial charge in [-0.2, -0.15) is 0 Å². The third kappa shape index (κ3) is 2.64. The van der Waals surface area contributed by atoms with Gasteiger partial charge in [0.1, 0.15) is 5.75 Å². The van der Waals surface area contributed by atoms with Crippen molar-refractivity contribution in [2.24, 2.45) is 0 Å². The number of ether oxygens (including phenoxy) is 1. The summed E-state index contributed by atoms with van der Waals surface area (Å²) >= 11 is 0. The fraction of sp³-hybridized carbons (Fsp3) is 0.500. The summed E-state index contributed by atoms with van der Waals surface area (Å²) in [5, 5.41) is 9.34. The number of piperidine rings is 1. The van der Waals surface area contributed by atoms with Crippen molar-refractivity contribution in [3.05, 3.63) is 29.8 Å². The number of hydrogen-bond donors (Lipinski definition) is 1. The molecule has 1 aromatic rings. The molecule has 1 heterocycles. The van der Waals surface area contributed by atoms with Crippen LogP contribution in [0.3, 0.4) is 0 Å². The van der Waals surface area contributed by atoms with E-state index in [-0.39, 0.29) is 18.6 Å². The molecule has 1 amide bonds. The van der Waals surface area contributed by atoms with Gasteiger partial charge in [0, 0.05) is 12.1 Å². The summed E-state index contributed by atoms with van der Waals surface area (Å²) in [7, 11) is 1.58. The summed E-state index contributed by atoms with van der Waals surface area (Å²) in [5.74, 6) is 0.658. The van der Waals surface area contributed by atoms with Crippen LogP contribution in [0.2, 0.25) is 0 Å². The SMILES string of the molecule is COc1cccc(C(=O)N2CCCCC2CO)c1. The first-order valence-electron chi connectivity index (χ1n) is 6.32. The maximum atomic E-state index is 12.4. The van der Waals surface area contributed by atoms with E-state index < -0.39 is 0 Å². The number of hydrogen-bond acceptors (Lipinski definition) is 3. The smallest absolute Gasteiger partial charge is 0.254 e. The molecule has 0 aromatic heterocycles. The molecule has 0 aliphatic carbocycles. The molecule has 1 aromatic carbocycles. The standard InChI is InChI=1S/C14H19NO3/c1-18-13-7-4-5-11(9-13)14(17)15-8-3-2-6-12(15)10-16/h4-5,7,9,12,16H,2-3,6,8,10H2,1H3. The second-order valence-corrected chi connectivity index (χ2v) is 4.56. The van der Waals surface area contributed by atoms with E-state index in [1.807, 2.05) is 12.1 Å². The van der Waals surface area contributed by atoms with E-state index in [2.05, 4.69) is 0 Å². The Balaban J connectivity index is 2.18. The maximum Gasteiger partial charge on any atom is 0.254 e. The van der Waals surface area contributed by atoms with Crippen molar-refractivity contribution in [1.82, 2.24) is 4.90 Å². The molecule has 0 bridgehead atoms. The minimum absolute atomic E-state index is 0.0207. The van der Waals surface area contributed by atoms with E-state index in [9.17, 15) is 9.90 Å². The number of carbonyl (C=O) groups excluding carboxylic acids is 1. The van der Waals surface area contributed by atoms with Gasteiger partial charge in [0.15, 0.2) is 0 Å². The zero-order valence-corrected chi connectivity index (χ0v) is 10.6. The zero-order valence-electron chi connectivity index (χ0n) is 10.6. The molecule has 1 fully saturated rings. The van der Waals surface area contributed by atoms with Gasteiger partial charge in [-0.15, -0.1) is 0 Å². The second kappa shape index (κ2) is 5.87. The number of methoxy groups -OCH3 is 1. The fourth-order valence-electron chi connectivity index (χ4n) is 2.38. The summed E-state index contributed by atoms with van der Waals surface area (Å²) in [5.41, 5.74) is 0.620. The highest BCUT2D eigenvalue weighted by molar-refractivity contribution is 5.94. The van der Waals surface area contributed by atoms with Crippen LogP contribution in [0.1, 0.15) is 29.6 Å². The summed E-state index contributed by atoms with van der Waals surface area (Å²) in [6.45, 7) is 0.761. The number of carbonyl (C=O) groups is 1. The number of amides is 1. The Morgan fingerprint density at radius 2 is 2.33 bits per heavy atom. The van der Waals surface area contributed by atoms with Crippen molar-refractivity contribution in [3.63, 3.8) is 0 Å². The molecule has 18 heavy (non-hydrogen) atoms. The number of benzene rings is 1. The van der Waals surface area contributed by atoms with E-state index >= 15 is 0 Å². The topological polar surface area (TPSA) is 49.8 Å². The van der Waals surface area contributed by atoms with Crippen LogP contribution in [0.5, 0.6) is 5.75 Å².